The molecule has 1 aromatic rings. The van der Waals surface area contributed by atoms with Crippen LogP contribution in [0.25, 0.3) is 0 Å². The third kappa shape index (κ3) is 2.32. The van der Waals surface area contributed by atoms with Gasteiger partial charge in [0.25, 0.3) is 0 Å². The first-order valence-electron chi connectivity index (χ1n) is 5.15. The van der Waals surface area contributed by atoms with Gasteiger partial charge in [0.05, 0.1) is 11.5 Å². The Morgan fingerprint density at radius 1 is 1.47 bits per heavy atom. The van der Waals surface area contributed by atoms with Crippen molar-refractivity contribution in [3.8, 4) is 6.07 Å². The molecule has 0 atom stereocenters. The van der Waals surface area contributed by atoms with Gasteiger partial charge in [0.1, 0.15) is 0 Å². The zero-order valence-electron chi connectivity index (χ0n) is 8.46. The molecule has 1 fully saturated rings. The van der Waals surface area contributed by atoms with Crippen molar-refractivity contribution in [1.82, 2.24) is 0 Å². The zero-order valence-corrected chi connectivity index (χ0v) is 10.0. The minimum atomic E-state index is -0.109. The number of nitrogens with zero attached hydrogens (tertiary/aromatic N) is 1. The molecule has 0 radical (unpaired) electrons. The molecule has 0 saturated heterocycles. The number of anilines is 1. The molecule has 0 aromatic heterocycles. The average Bonchev–Trinajstić information content (AvgIpc) is 2.17. The molecule has 15 heavy (non-hydrogen) atoms. The Hall–Kier alpha value is -1.01. The molecule has 1 aliphatic carbocycles. The van der Waals surface area contributed by atoms with Crippen LogP contribution in [0.5, 0.6) is 0 Å². The summed E-state index contributed by atoms with van der Waals surface area (Å²) in [5.74, 6) is 0. The summed E-state index contributed by atoms with van der Waals surface area (Å²) in [4.78, 5) is 0. The summed E-state index contributed by atoms with van der Waals surface area (Å²) in [6.07, 6.45) is 3.25. The highest BCUT2D eigenvalue weighted by atomic mass is 79.9. The molecule has 2 rings (SSSR count). The van der Waals surface area contributed by atoms with Gasteiger partial charge in [-0.2, -0.15) is 5.26 Å². The second-order valence-electron chi connectivity index (χ2n) is 4.11. The number of hydrogen-bond donors (Lipinski definition) is 1. The molecule has 1 N–H and O–H groups in total. The van der Waals surface area contributed by atoms with E-state index in [4.69, 9.17) is 5.26 Å². The maximum atomic E-state index is 9.07. The molecular formula is C12H13BrN2. The maximum Gasteiger partial charge on any atom is 0.0746 e. The Morgan fingerprint density at radius 3 is 2.80 bits per heavy atom. The summed E-state index contributed by atoms with van der Waals surface area (Å²) in [7, 11) is 0. The van der Waals surface area contributed by atoms with Gasteiger partial charge in [-0.3, -0.25) is 0 Å². The van der Waals surface area contributed by atoms with E-state index in [1.54, 1.807) is 0 Å². The quantitative estimate of drug-likeness (QED) is 0.907. The van der Waals surface area contributed by atoms with Crippen LogP contribution in [0.4, 0.5) is 5.69 Å². The van der Waals surface area contributed by atoms with Gasteiger partial charge in [0.15, 0.2) is 0 Å². The standard InChI is InChI=1S/C12H13BrN2/c13-10-3-1-4-11(7-10)15-9-12(8-14)5-2-6-12/h1,3-4,7,15H,2,5-6,9H2. The van der Waals surface area contributed by atoms with E-state index >= 15 is 0 Å². The van der Waals surface area contributed by atoms with Crippen molar-refractivity contribution in [2.45, 2.75) is 19.3 Å². The SMILES string of the molecule is N#CC1(CNc2cccc(Br)c2)CCC1. The largest absolute Gasteiger partial charge is 0.383 e. The fourth-order valence-corrected chi connectivity index (χ4v) is 2.20. The Morgan fingerprint density at radius 2 is 2.27 bits per heavy atom. The van der Waals surface area contributed by atoms with Gasteiger partial charge in [0, 0.05) is 16.7 Å². The molecule has 1 aliphatic rings. The third-order valence-electron chi connectivity index (χ3n) is 3.00. The molecule has 0 heterocycles. The zero-order chi connectivity index (χ0) is 10.7. The van der Waals surface area contributed by atoms with E-state index in [0.29, 0.717) is 0 Å². The summed E-state index contributed by atoms with van der Waals surface area (Å²) in [5.41, 5.74) is 0.966. The Labute approximate surface area is 98.4 Å². The van der Waals surface area contributed by atoms with Crippen molar-refractivity contribution in [2.75, 3.05) is 11.9 Å². The normalized spacial score (nSPS) is 17.6. The first-order valence-corrected chi connectivity index (χ1v) is 5.94. The Balaban J connectivity index is 1.96. The van der Waals surface area contributed by atoms with E-state index in [9.17, 15) is 0 Å². The van der Waals surface area contributed by atoms with Crippen molar-refractivity contribution in [2.24, 2.45) is 5.41 Å². The smallest absolute Gasteiger partial charge is 0.0746 e. The van der Waals surface area contributed by atoms with Crippen LogP contribution in [0.3, 0.4) is 0 Å². The monoisotopic (exact) mass is 264 g/mol. The van der Waals surface area contributed by atoms with Crippen LogP contribution < -0.4 is 5.32 Å². The van der Waals surface area contributed by atoms with E-state index in [-0.39, 0.29) is 5.41 Å². The van der Waals surface area contributed by atoms with Gasteiger partial charge in [-0.05, 0) is 31.0 Å². The third-order valence-corrected chi connectivity index (χ3v) is 3.50. The Bertz CT molecular complexity index is 391. The van der Waals surface area contributed by atoms with Gasteiger partial charge in [-0.1, -0.05) is 28.4 Å². The lowest BCUT2D eigenvalue weighted by Crippen LogP contribution is -2.34. The number of halogens is 1. The van der Waals surface area contributed by atoms with Gasteiger partial charge in [-0.15, -0.1) is 0 Å². The summed E-state index contributed by atoms with van der Waals surface area (Å²) in [5, 5.41) is 12.4. The van der Waals surface area contributed by atoms with Crippen LogP contribution in [-0.4, -0.2) is 6.54 Å². The molecule has 1 aromatic carbocycles. The van der Waals surface area contributed by atoms with Crippen LogP contribution >= 0.6 is 15.9 Å². The number of hydrogen-bond acceptors (Lipinski definition) is 2. The van der Waals surface area contributed by atoms with Gasteiger partial charge >= 0.3 is 0 Å². The van der Waals surface area contributed by atoms with Crippen molar-refractivity contribution >= 4 is 21.6 Å². The van der Waals surface area contributed by atoms with E-state index in [1.807, 2.05) is 24.3 Å². The predicted molar refractivity (Wildman–Crippen MR) is 64.5 cm³/mol. The summed E-state index contributed by atoms with van der Waals surface area (Å²) >= 11 is 3.43. The van der Waals surface area contributed by atoms with Crippen LogP contribution in [0.15, 0.2) is 28.7 Å². The topological polar surface area (TPSA) is 35.8 Å². The van der Waals surface area contributed by atoms with Gasteiger partial charge in [-0.25, -0.2) is 0 Å². The minimum Gasteiger partial charge on any atom is -0.383 e. The van der Waals surface area contributed by atoms with Crippen molar-refractivity contribution in [1.29, 1.82) is 5.26 Å². The number of nitrogens with one attached hydrogen (secondary N) is 1. The summed E-state index contributed by atoms with van der Waals surface area (Å²) in [6, 6.07) is 10.5. The minimum absolute atomic E-state index is 0.109. The highest BCUT2D eigenvalue weighted by molar-refractivity contribution is 9.10. The van der Waals surface area contributed by atoms with E-state index in [1.165, 1.54) is 6.42 Å². The van der Waals surface area contributed by atoms with Gasteiger partial charge < -0.3 is 5.32 Å². The van der Waals surface area contributed by atoms with Crippen LogP contribution in [0.1, 0.15) is 19.3 Å². The molecule has 0 aliphatic heterocycles. The second kappa shape index (κ2) is 4.24. The van der Waals surface area contributed by atoms with Crippen LogP contribution in [0, 0.1) is 16.7 Å². The summed E-state index contributed by atoms with van der Waals surface area (Å²) < 4.78 is 1.06. The van der Waals surface area contributed by atoms with Crippen molar-refractivity contribution in [3.05, 3.63) is 28.7 Å². The average molecular weight is 265 g/mol. The molecule has 1 saturated carbocycles. The van der Waals surface area contributed by atoms with Crippen LogP contribution in [0.2, 0.25) is 0 Å². The molecule has 0 spiro atoms. The van der Waals surface area contributed by atoms with Crippen LogP contribution in [-0.2, 0) is 0 Å². The Kier molecular flexibility index (Phi) is 2.97. The molecule has 78 valence electrons. The lowest BCUT2D eigenvalue weighted by molar-refractivity contribution is 0.233. The summed E-state index contributed by atoms with van der Waals surface area (Å²) in [6.45, 7) is 0.764. The molecule has 0 unspecified atom stereocenters. The fraction of sp³-hybridized carbons (Fsp3) is 0.417. The fourth-order valence-electron chi connectivity index (χ4n) is 1.80. The maximum absolute atomic E-state index is 9.07. The lowest BCUT2D eigenvalue weighted by atomic mass is 9.70. The highest BCUT2D eigenvalue weighted by Crippen LogP contribution is 2.40. The predicted octanol–water partition coefficient (Wildman–Crippen LogP) is 3.55. The van der Waals surface area contributed by atoms with Crippen molar-refractivity contribution < 1.29 is 0 Å². The molecule has 0 amide bonds. The van der Waals surface area contributed by atoms with E-state index in [2.05, 4.69) is 27.3 Å². The van der Waals surface area contributed by atoms with Gasteiger partial charge in [0.2, 0.25) is 0 Å². The number of nitriles is 1. The van der Waals surface area contributed by atoms with Crippen molar-refractivity contribution in [3.63, 3.8) is 0 Å². The number of benzene rings is 1. The highest BCUT2D eigenvalue weighted by Gasteiger charge is 2.36. The second-order valence-corrected chi connectivity index (χ2v) is 5.03. The molecular weight excluding hydrogens is 252 g/mol. The first-order chi connectivity index (χ1) is 7.24. The van der Waals surface area contributed by atoms with E-state index in [0.717, 1.165) is 29.5 Å². The molecule has 3 heteroatoms. The first kappa shape index (κ1) is 10.5. The molecule has 0 bridgehead atoms. The molecule has 2 nitrogen and oxygen atoms in total. The number of rotatable bonds is 3. The lowest BCUT2D eigenvalue weighted by Gasteiger charge is -2.35. The van der Waals surface area contributed by atoms with E-state index < -0.39 is 0 Å².